The van der Waals surface area contributed by atoms with Gasteiger partial charge in [-0.1, -0.05) is 25.8 Å². The van der Waals surface area contributed by atoms with E-state index in [1.807, 2.05) is 0 Å². The number of nitrogens with zero attached hydrogens (tertiary/aromatic N) is 1. The van der Waals surface area contributed by atoms with Gasteiger partial charge in [0.1, 0.15) is 0 Å². The summed E-state index contributed by atoms with van der Waals surface area (Å²) in [6, 6.07) is 4.52. The molecule has 88 valence electrons. The molecule has 2 nitrogen and oxygen atoms in total. The Labute approximate surface area is 102 Å². The van der Waals surface area contributed by atoms with E-state index in [2.05, 4.69) is 24.4 Å². The van der Waals surface area contributed by atoms with Crippen LogP contribution in [0.3, 0.4) is 0 Å². The minimum absolute atomic E-state index is 0.278. The highest BCUT2D eigenvalue weighted by Gasteiger charge is 2.20. The first-order valence-electron chi connectivity index (χ1n) is 6.17. The fourth-order valence-electron chi connectivity index (χ4n) is 2.34. The largest absolute Gasteiger partial charge is 0.387 e. The van der Waals surface area contributed by atoms with Crippen molar-refractivity contribution in [3.8, 4) is 0 Å². The summed E-state index contributed by atoms with van der Waals surface area (Å²) in [5, 5.41) is 2.11. The van der Waals surface area contributed by atoms with Crippen LogP contribution in [0.15, 0.2) is 22.5 Å². The standard InChI is InChI=1S/C13H20N2S/c1-2-11(12-8-5-9-16-12)15-13(14)10-6-3-4-7-10/h5,8-11H,2-4,6-7H2,1H3,(H2,14,15). The van der Waals surface area contributed by atoms with Crippen LogP contribution < -0.4 is 5.73 Å². The molecule has 1 unspecified atom stereocenters. The molecule has 1 heterocycles. The van der Waals surface area contributed by atoms with Crippen LogP contribution in [0, 0.1) is 5.92 Å². The molecule has 1 aromatic rings. The molecular weight excluding hydrogens is 216 g/mol. The highest BCUT2D eigenvalue weighted by atomic mass is 32.1. The van der Waals surface area contributed by atoms with Gasteiger partial charge in [0.15, 0.2) is 0 Å². The molecule has 1 fully saturated rings. The molecule has 0 saturated heterocycles. The van der Waals surface area contributed by atoms with E-state index in [0.29, 0.717) is 5.92 Å². The van der Waals surface area contributed by atoms with E-state index in [-0.39, 0.29) is 6.04 Å². The average Bonchev–Trinajstić information content (AvgIpc) is 2.96. The highest BCUT2D eigenvalue weighted by molar-refractivity contribution is 7.10. The van der Waals surface area contributed by atoms with Crippen LogP contribution >= 0.6 is 11.3 Å². The van der Waals surface area contributed by atoms with Crippen molar-refractivity contribution < 1.29 is 0 Å². The Kier molecular flexibility index (Phi) is 3.99. The van der Waals surface area contributed by atoms with E-state index < -0.39 is 0 Å². The highest BCUT2D eigenvalue weighted by Crippen LogP contribution is 2.29. The quantitative estimate of drug-likeness (QED) is 0.627. The maximum absolute atomic E-state index is 6.12. The van der Waals surface area contributed by atoms with Gasteiger partial charge in [0.2, 0.25) is 0 Å². The first kappa shape index (κ1) is 11.6. The van der Waals surface area contributed by atoms with Crippen LogP contribution in [-0.2, 0) is 0 Å². The Morgan fingerprint density at radius 3 is 2.88 bits per heavy atom. The van der Waals surface area contributed by atoms with Crippen LogP contribution in [0.5, 0.6) is 0 Å². The van der Waals surface area contributed by atoms with E-state index in [4.69, 9.17) is 10.7 Å². The second kappa shape index (κ2) is 5.48. The van der Waals surface area contributed by atoms with Crippen LogP contribution in [0.4, 0.5) is 0 Å². The van der Waals surface area contributed by atoms with Gasteiger partial charge in [0, 0.05) is 10.8 Å². The second-order valence-corrected chi connectivity index (χ2v) is 5.45. The van der Waals surface area contributed by atoms with Gasteiger partial charge in [-0.2, -0.15) is 0 Å². The topological polar surface area (TPSA) is 38.4 Å². The Morgan fingerprint density at radius 2 is 2.31 bits per heavy atom. The molecule has 0 bridgehead atoms. The third-order valence-corrected chi connectivity index (χ3v) is 4.31. The number of hydrogen-bond donors (Lipinski definition) is 1. The van der Waals surface area contributed by atoms with Crippen LogP contribution in [0.2, 0.25) is 0 Å². The number of aliphatic imine (C=N–C) groups is 1. The molecule has 1 atom stereocenters. The Bertz CT molecular complexity index is 337. The lowest BCUT2D eigenvalue weighted by Gasteiger charge is -2.13. The van der Waals surface area contributed by atoms with Crippen molar-refractivity contribution in [2.24, 2.45) is 16.6 Å². The average molecular weight is 236 g/mol. The predicted molar refractivity (Wildman–Crippen MR) is 70.9 cm³/mol. The number of rotatable bonds is 4. The molecule has 3 heteroatoms. The van der Waals surface area contributed by atoms with Crippen LogP contribution in [-0.4, -0.2) is 5.84 Å². The summed E-state index contributed by atoms with van der Waals surface area (Å²) in [5.74, 6) is 1.44. The molecule has 1 saturated carbocycles. The number of nitrogens with two attached hydrogens (primary N) is 1. The van der Waals surface area contributed by atoms with Crippen molar-refractivity contribution in [2.75, 3.05) is 0 Å². The molecule has 16 heavy (non-hydrogen) atoms. The number of hydrogen-bond acceptors (Lipinski definition) is 2. The maximum atomic E-state index is 6.12. The van der Waals surface area contributed by atoms with Crippen molar-refractivity contribution >= 4 is 17.2 Å². The van der Waals surface area contributed by atoms with E-state index in [1.165, 1.54) is 30.6 Å². The molecule has 1 aliphatic rings. The van der Waals surface area contributed by atoms with Crippen LogP contribution in [0.1, 0.15) is 49.9 Å². The van der Waals surface area contributed by atoms with Crippen molar-refractivity contribution in [1.82, 2.24) is 0 Å². The van der Waals surface area contributed by atoms with Gasteiger partial charge in [-0.3, -0.25) is 4.99 Å². The fourth-order valence-corrected chi connectivity index (χ4v) is 3.19. The van der Waals surface area contributed by atoms with Gasteiger partial charge in [-0.25, -0.2) is 0 Å². The molecule has 1 aromatic heterocycles. The lowest BCUT2D eigenvalue weighted by Crippen LogP contribution is -2.22. The first-order chi connectivity index (χ1) is 7.81. The summed E-state index contributed by atoms with van der Waals surface area (Å²) >= 11 is 1.78. The van der Waals surface area contributed by atoms with Gasteiger partial charge in [0.05, 0.1) is 11.9 Å². The van der Waals surface area contributed by atoms with Gasteiger partial charge < -0.3 is 5.73 Å². The molecule has 2 N–H and O–H groups in total. The van der Waals surface area contributed by atoms with Crippen molar-refractivity contribution in [3.63, 3.8) is 0 Å². The van der Waals surface area contributed by atoms with Gasteiger partial charge in [-0.15, -0.1) is 11.3 Å². The van der Waals surface area contributed by atoms with Gasteiger partial charge in [0.25, 0.3) is 0 Å². The molecule has 1 aliphatic carbocycles. The summed E-state index contributed by atoms with van der Waals surface area (Å²) < 4.78 is 0. The SMILES string of the molecule is CCC(N=C(N)C1CCCC1)c1cccs1. The third kappa shape index (κ3) is 2.64. The summed E-state index contributed by atoms with van der Waals surface area (Å²) in [7, 11) is 0. The van der Waals surface area contributed by atoms with Gasteiger partial charge >= 0.3 is 0 Å². The molecule has 0 aliphatic heterocycles. The Hall–Kier alpha value is -0.830. The van der Waals surface area contributed by atoms with E-state index >= 15 is 0 Å². The normalized spacial score (nSPS) is 20.2. The van der Waals surface area contributed by atoms with E-state index in [9.17, 15) is 0 Å². The predicted octanol–water partition coefficient (Wildman–Crippen LogP) is 3.75. The van der Waals surface area contributed by atoms with Crippen molar-refractivity contribution in [1.29, 1.82) is 0 Å². The first-order valence-corrected chi connectivity index (χ1v) is 7.05. The molecule has 0 aromatic carbocycles. The molecule has 0 spiro atoms. The number of thiophene rings is 1. The summed E-state index contributed by atoms with van der Waals surface area (Å²) in [6.45, 7) is 2.18. The van der Waals surface area contributed by atoms with Crippen molar-refractivity contribution in [2.45, 2.75) is 45.1 Å². The summed E-state index contributed by atoms with van der Waals surface area (Å²) in [6.07, 6.45) is 6.13. The molecule has 0 radical (unpaired) electrons. The zero-order valence-corrected chi connectivity index (χ0v) is 10.7. The van der Waals surface area contributed by atoms with Gasteiger partial charge in [-0.05, 0) is 30.7 Å². The van der Waals surface area contributed by atoms with E-state index in [1.54, 1.807) is 11.3 Å². The monoisotopic (exact) mass is 236 g/mol. The third-order valence-electron chi connectivity index (χ3n) is 3.34. The maximum Gasteiger partial charge on any atom is 0.0976 e. The summed E-state index contributed by atoms with van der Waals surface area (Å²) in [4.78, 5) is 6.06. The minimum Gasteiger partial charge on any atom is -0.387 e. The minimum atomic E-state index is 0.278. The van der Waals surface area contributed by atoms with Crippen molar-refractivity contribution in [3.05, 3.63) is 22.4 Å². The van der Waals surface area contributed by atoms with Crippen LogP contribution in [0.25, 0.3) is 0 Å². The lowest BCUT2D eigenvalue weighted by molar-refractivity contribution is 0.670. The fraction of sp³-hybridized carbons (Fsp3) is 0.615. The molecule has 0 amide bonds. The number of amidine groups is 1. The lowest BCUT2D eigenvalue weighted by atomic mass is 10.1. The zero-order chi connectivity index (χ0) is 11.4. The molecular formula is C13H20N2S. The van der Waals surface area contributed by atoms with E-state index in [0.717, 1.165) is 12.3 Å². The Morgan fingerprint density at radius 1 is 1.56 bits per heavy atom. The molecule has 2 rings (SSSR count). The smallest absolute Gasteiger partial charge is 0.0976 e. The zero-order valence-electron chi connectivity index (χ0n) is 9.86. The Balaban J connectivity index is 2.07. The second-order valence-electron chi connectivity index (χ2n) is 4.47. The summed E-state index contributed by atoms with van der Waals surface area (Å²) in [5.41, 5.74) is 6.12.